The second kappa shape index (κ2) is 13.6. The predicted molar refractivity (Wildman–Crippen MR) is 256 cm³/mol. The van der Waals surface area contributed by atoms with Crippen LogP contribution in [0.5, 0.6) is 0 Å². The highest BCUT2D eigenvalue weighted by Gasteiger charge is 2.51. The first-order valence-corrected chi connectivity index (χ1v) is 21.9. The molecule has 62 heavy (non-hydrogen) atoms. The Kier molecular flexibility index (Phi) is 7.69. The molecule has 2 aromatic heterocycles. The highest BCUT2D eigenvalue weighted by atomic mass is 32.1. The molecule has 0 saturated carbocycles. The highest BCUT2D eigenvalue weighted by molar-refractivity contribution is 7.25. The Bertz CT molecular complexity index is 3540. The zero-order chi connectivity index (χ0) is 40.8. The number of hydrogen-bond donors (Lipinski definition) is 0. The summed E-state index contributed by atoms with van der Waals surface area (Å²) >= 11 is 1.80. The molecule has 288 valence electrons. The Balaban J connectivity index is 0.932. The molecule has 0 aliphatic heterocycles. The van der Waals surface area contributed by atoms with Crippen LogP contribution in [-0.2, 0) is 5.41 Å². The molecule has 1 spiro atoms. The summed E-state index contributed by atoms with van der Waals surface area (Å²) in [6, 6.07) is 76.9. The average molecular weight is 806 g/mol. The van der Waals surface area contributed by atoms with Gasteiger partial charge in [-0.25, -0.2) is 15.0 Å². The van der Waals surface area contributed by atoms with Crippen LogP contribution in [0.15, 0.2) is 212 Å². The van der Waals surface area contributed by atoms with Crippen LogP contribution < -0.4 is 0 Å². The normalized spacial score (nSPS) is 13.0. The summed E-state index contributed by atoms with van der Waals surface area (Å²) in [6.45, 7) is 0. The number of fused-ring (bicyclic) bond motifs is 13. The van der Waals surface area contributed by atoms with Gasteiger partial charge in [0, 0.05) is 36.9 Å². The van der Waals surface area contributed by atoms with Crippen LogP contribution in [0.3, 0.4) is 0 Å². The predicted octanol–water partition coefficient (Wildman–Crippen LogP) is 14.9. The quantitative estimate of drug-likeness (QED) is 0.174. The molecule has 3 nitrogen and oxygen atoms in total. The third-order valence-electron chi connectivity index (χ3n) is 13.0. The lowest BCUT2D eigenvalue weighted by Gasteiger charge is -2.30. The van der Waals surface area contributed by atoms with Gasteiger partial charge >= 0.3 is 0 Å². The monoisotopic (exact) mass is 805 g/mol. The second-order valence-electron chi connectivity index (χ2n) is 16.3. The maximum Gasteiger partial charge on any atom is 0.164 e. The molecular formula is C58H35N3S. The number of benzene rings is 9. The summed E-state index contributed by atoms with van der Waals surface area (Å²) in [4.78, 5) is 15.5. The first kappa shape index (κ1) is 35.0. The van der Waals surface area contributed by atoms with Crippen molar-refractivity contribution in [1.29, 1.82) is 0 Å². The summed E-state index contributed by atoms with van der Waals surface area (Å²) in [7, 11) is 0. The number of nitrogens with zero attached hydrogens (tertiary/aromatic N) is 3. The van der Waals surface area contributed by atoms with Gasteiger partial charge in [0.05, 0.1) is 5.41 Å². The zero-order valence-electron chi connectivity index (χ0n) is 33.5. The van der Waals surface area contributed by atoms with Gasteiger partial charge < -0.3 is 0 Å². The lowest BCUT2D eigenvalue weighted by atomic mass is 9.70. The Morgan fingerprint density at radius 1 is 0.290 bits per heavy atom. The minimum Gasteiger partial charge on any atom is -0.208 e. The summed E-state index contributed by atoms with van der Waals surface area (Å²) in [5.41, 5.74) is 17.8. The third-order valence-corrected chi connectivity index (χ3v) is 14.1. The van der Waals surface area contributed by atoms with E-state index in [1.165, 1.54) is 75.8 Å². The van der Waals surface area contributed by atoms with Crippen LogP contribution in [0, 0.1) is 0 Å². The van der Waals surface area contributed by atoms with Crippen molar-refractivity contribution in [3.05, 3.63) is 235 Å². The minimum atomic E-state index is -0.384. The van der Waals surface area contributed by atoms with E-state index < -0.39 is 0 Å². The van der Waals surface area contributed by atoms with E-state index in [0.717, 1.165) is 27.8 Å². The van der Waals surface area contributed by atoms with E-state index in [1.54, 1.807) is 11.3 Å². The number of rotatable bonds is 5. The van der Waals surface area contributed by atoms with Crippen molar-refractivity contribution < 1.29 is 0 Å². The molecule has 0 N–H and O–H groups in total. The molecule has 2 aliphatic rings. The second-order valence-corrected chi connectivity index (χ2v) is 17.3. The fraction of sp³-hybridized carbons (Fsp3) is 0.0172. The summed E-state index contributed by atoms with van der Waals surface area (Å²) in [5, 5.41) is 2.40. The Morgan fingerprint density at radius 2 is 0.742 bits per heavy atom. The highest BCUT2D eigenvalue weighted by Crippen LogP contribution is 2.63. The van der Waals surface area contributed by atoms with Crippen LogP contribution in [0.1, 0.15) is 22.3 Å². The van der Waals surface area contributed by atoms with E-state index in [2.05, 4.69) is 194 Å². The van der Waals surface area contributed by atoms with Gasteiger partial charge in [-0.1, -0.05) is 182 Å². The molecule has 0 amide bonds. The van der Waals surface area contributed by atoms with Crippen molar-refractivity contribution in [2.24, 2.45) is 0 Å². The molecule has 2 heterocycles. The van der Waals surface area contributed by atoms with Crippen molar-refractivity contribution in [3.8, 4) is 78.7 Å². The molecule has 0 radical (unpaired) electrons. The van der Waals surface area contributed by atoms with Crippen molar-refractivity contribution in [2.45, 2.75) is 5.41 Å². The first-order valence-electron chi connectivity index (χ1n) is 21.1. The van der Waals surface area contributed by atoms with Crippen molar-refractivity contribution >= 4 is 31.5 Å². The van der Waals surface area contributed by atoms with Crippen LogP contribution in [0.25, 0.3) is 98.8 Å². The van der Waals surface area contributed by atoms with Gasteiger partial charge in [-0.3, -0.25) is 0 Å². The maximum absolute atomic E-state index is 5.24. The lowest BCUT2D eigenvalue weighted by molar-refractivity contribution is 0.794. The largest absolute Gasteiger partial charge is 0.208 e. The minimum absolute atomic E-state index is 0.384. The van der Waals surface area contributed by atoms with E-state index in [-0.39, 0.29) is 5.41 Å². The van der Waals surface area contributed by atoms with Crippen molar-refractivity contribution in [2.75, 3.05) is 0 Å². The number of aromatic nitrogens is 3. The van der Waals surface area contributed by atoms with Crippen LogP contribution in [-0.4, -0.2) is 15.0 Å². The zero-order valence-corrected chi connectivity index (χ0v) is 34.3. The molecule has 2 aliphatic carbocycles. The first-order chi connectivity index (χ1) is 30.7. The lowest BCUT2D eigenvalue weighted by Crippen LogP contribution is -2.25. The van der Waals surface area contributed by atoms with Crippen LogP contribution >= 0.6 is 11.3 Å². The van der Waals surface area contributed by atoms with E-state index in [9.17, 15) is 0 Å². The number of hydrogen-bond acceptors (Lipinski definition) is 4. The van der Waals surface area contributed by atoms with Crippen LogP contribution in [0.2, 0.25) is 0 Å². The molecule has 9 aromatic carbocycles. The summed E-state index contributed by atoms with van der Waals surface area (Å²) < 4.78 is 2.47. The fourth-order valence-electron chi connectivity index (χ4n) is 10.3. The number of thiophene rings is 1. The molecular weight excluding hydrogens is 771 g/mol. The third kappa shape index (κ3) is 5.14. The maximum atomic E-state index is 5.24. The average Bonchev–Trinajstić information content (AvgIpc) is 3.98. The molecule has 0 atom stereocenters. The van der Waals surface area contributed by atoms with Crippen molar-refractivity contribution in [1.82, 2.24) is 15.0 Å². The Hall–Kier alpha value is -7.79. The van der Waals surface area contributed by atoms with Gasteiger partial charge in [0.2, 0.25) is 0 Å². The summed E-state index contributed by atoms with van der Waals surface area (Å²) in [6.07, 6.45) is 0. The molecule has 0 saturated heterocycles. The Morgan fingerprint density at radius 3 is 1.42 bits per heavy atom. The molecule has 11 aromatic rings. The molecule has 0 unspecified atom stereocenters. The molecule has 0 bridgehead atoms. The topological polar surface area (TPSA) is 38.7 Å². The molecule has 0 fully saturated rings. The van der Waals surface area contributed by atoms with E-state index in [0.29, 0.717) is 17.5 Å². The smallest absolute Gasteiger partial charge is 0.164 e. The van der Waals surface area contributed by atoms with E-state index >= 15 is 0 Å². The van der Waals surface area contributed by atoms with Gasteiger partial charge in [-0.2, -0.15) is 0 Å². The van der Waals surface area contributed by atoms with Gasteiger partial charge in [0.1, 0.15) is 0 Å². The van der Waals surface area contributed by atoms with E-state index in [4.69, 9.17) is 15.0 Å². The van der Waals surface area contributed by atoms with Gasteiger partial charge in [-0.05, 0) is 97.1 Å². The van der Waals surface area contributed by atoms with Crippen molar-refractivity contribution in [3.63, 3.8) is 0 Å². The summed E-state index contributed by atoms with van der Waals surface area (Å²) in [5.74, 6) is 1.96. The van der Waals surface area contributed by atoms with E-state index in [1.807, 2.05) is 18.2 Å². The Labute approximate surface area is 363 Å². The van der Waals surface area contributed by atoms with Gasteiger partial charge in [-0.15, -0.1) is 11.3 Å². The molecule has 4 heteroatoms. The van der Waals surface area contributed by atoms with Gasteiger partial charge in [0.25, 0.3) is 0 Å². The SMILES string of the molecule is c1ccc(-c2nc(-c3cccc(-c4cccc(-c5ccc6c(c5)C5(c7ccccc7-c7ccccc75)c5ccccc5-6)c4)c3)nc(-c3cccc4sc5ccccc5c34)n2)cc1. The van der Waals surface area contributed by atoms with Crippen LogP contribution in [0.4, 0.5) is 0 Å². The standard InChI is InChI=1S/C58H35N3S/c1-2-15-36(16-3-1)55-59-56(61-57(60-55)47-25-14-30-53-54(47)46-24-7-11-29-52(46)62-53)41-20-13-19-39(34-41)37-17-12-18-38(33-37)40-31-32-45-44-23-6-10-28-50(44)58(51(45)35-40)48-26-8-4-21-42(48)43-22-5-9-27-49(43)58/h1-35H. The van der Waals surface area contributed by atoms with Gasteiger partial charge in [0.15, 0.2) is 17.5 Å². The fourth-order valence-corrected chi connectivity index (χ4v) is 11.4. The molecule has 13 rings (SSSR count).